The lowest BCUT2D eigenvalue weighted by Crippen LogP contribution is -2.57. The van der Waals surface area contributed by atoms with Gasteiger partial charge < -0.3 is 33.9 Å². The van der Waals surface area contributed by atoms with Crippen molar-refractivity contribution in [3.8, 4) is 17.2 Å². The van der Waals surface area contributed by atoms with Gasteiger partial charge in [-0.1, -0.05) is 76.6 Å². The van der Waals surface area contributed by atoms with Crippen LogP contribution in [0.4, 0.5) is 0 Å². The third kappa shape index (κ3) is 5.04. The van der Waals surface area contributed by atoms with Crippen LogP contribution in [0.1, 0.15) is 33.2 Å². The SMILES string of the molecule is COc1c(OCc2ccccc2)cc2c(c1OCc1ccccc1)[C@@H]1O[C@H](CBr)[C@@H](O)[C@H](O)[C@H]1OC2=O. The molecule has 0 bridgehead atoms. The highest BCUT2D eigenvalue weighted by Gasteiger charge is 2.52. The van der Waals surface area contributed by atoms with Gasteiger partial charge in [0, 0.05) is 10.9 Å². The van der Waals surface area contributed by atoms with Gasteiger partial charge in [-0.3, -0.25) is 0 Å². The summed E-state index contributed by atoms with van der Waals surface area (Å²) < 4.78 is 29.8. The van der Waals surface area contributed by atoms with Crippen molar-refractivity contribution in [2.75, 3.05) is 12.4 Å². The average Bonchev–Trinajstić information content (AvgIpc) is 2.93. The molecular weight excluding hydrogens is 544 g/mol. The van der Waals surface area contributed by atoms with Crippen LogP contribution in [-0.2, 0) is 22.7 Å². The highest BCUT2D eigenvalue weighted by atomic mass is 79.9. The predicted octanol–water partition coefficient (Wildman–Crippen LogP) is 3.95. The van der Waals surface area contributed by atoms with Crippen molar-refractivity contribution < 1.29 is 38.7 Å². The summed E-state index contributed by atoms with van der Waals surface area (Å²) in [5.74, 6) is 0.173. The van der Waals surface area contributed by atoms with Crippen LogP contribution in [0.15, 0.2) is 66.7 Å². The topological polar surface area (TPSA) is 104 Å². The Hall–Kier alpha value is -3.11. The Morgan fingerprint density at radius 2 is 1.51 bits per heavy atom. The maximum Gasteiger partial charge on any atom is 0.339 e. The first-order chi connectivity index (χ1) is 18.0. The lowest BCUT2D eigenvalue weighted by atomic mass is 9.86. The molecular formula is C28H27BrO8. The third-order valence-electron chi connectivity index (χ3n) is 6.49. The van der Waals surface area contributed by atoms with Crippen molar-refractivity contribution >= 4 is 21.9 Å². The summed E-state index contributed by atoms with van der Waals surface area (Å²) in [7, 11) is 1.49. The van der Waals surface area contributed by atoms with Crippen LogP contribution in [0.25, 0.3) is 0 Å². The first-order valence-electron chi connectivity index (χ1n) is 11.9. The van der Waals surface area contributed by atoms with Crippen molar-refractivity contribution in [2.24, 2.45) is 0 Å². The van der Waals surface area contributed by atoms with Crippen LogP contribution in [0.2, 0.25) is 0 Å². The lowest BCUT2D eigenvalue weighted by molar-refractivity contribution is -0.222. The van der Waals surface area contributed by atoms with E-state index in [1.54, 1.807) is 6.07 Å². The number of carbonyl (C=O) groups is 1. The van der Waals surface area contributed by atoms with Crippen LogP contribution < -0.4 is 14.2 Å². The summed E-state index contributed by atoms with van der Waals surface area (Å²) in [4.78, 5) is 13.2. The van der Waals surface area contributed by atoms with Gasteiger partial charge in [-0.25, -0.2) is 4.79 Å². The number of carbonyl (C=O) groups excluding carboxylic acids is 1. The standard InChI is InChI=1S/C28H27BrO8/c1-33-24-19(34-14-16-8-4-2-5-9-16)12-18-21(25(24)35-15-17-10-6-3-7-11-17)26-27(37-28(18)32)23(31)22(30)20(13-29)36-26/h2-12,20,22-23,26-27,30-31H,13-15H2,1H3/t20-,22-,23+,26+,27-/m1/s1. The molecule has 2 heterocycles. The second-order valence-electron chi connectivity index (χ2n) is 8.85. The number of aliphatic hydroxyl groups is 2. The summed E-state index contributed by atoms with van der Waals surface area (Å²) in [5, 5.41) is 21.5. The fraction of sp³-hybridized carbons (Fsp3) is 0.321. The first-order valence-corrected chi connectivity index (χ1v) is 13.0. The van der Waals surface area contributed by atoms with Crippen molar-refractivity contribution in [3.63, 3.8) is 0 Å². The van der Waals surface area contributed by atoms with Gasteiger partial charge in [0.1, 0.15) is 31.5 Å². The average molecular weight is 571 g/mol. The molecule has 0 aliphatic carbocycles. The molecule has 2 N–H and O–H groups in total. The number of benzene rings is 3. The summed E-state index contributed by atoms with van der Waals surface area (Å²) >= 11 is 3.33. The van der Waals surface area contributed by atoms with Crippen molar-refractivity contribution in [1.82, 2.24) is 0 Å². The largest absolute Gasteiger partial charge is 0.490 e. The van der Waals surface area contributed by atoms with Crippen LogP contribution >= 0.6 is 15.9 Å². The molecule has 3 aromatic carbocycles. The number of fused-ring (bicyclic) bond motifs is 3. The molecule has 5 rings (SSSR count). The molecule has 37 heavy (non-hydrogen) atoms. The molecule has 3 aromatic rings. The van der Waals surface area contributed by atoms with E-state index in [0.717, 1.165) is 11.1 Å². The highest BCUT2D eigenvalue weighted by Crippen LogP contribution is 2.51. The molecule has 194 valence electrons. The molecule has 2 aliphatic rings. The molecule has 9 heteroatoms. The Kier molecular flexibility index (Phi) is 7.66. The molecule has 0 saturated carbocycles. The van der Waals surface area contributed by atoms with E-state index in [-0.39, 0.29) is 29.9 Å². The fourth-order valence-electron chi connectivity index (χ4n) is 4.61. The van der Waals surface area contributed by atoms with Gasteiger partial charge in [0.15, 0.2) is 17.6 Å². The van der Waals surface area contributed by atoms with Gasteiger partial charge in [-0.2, -0.15) is 0 Å². The molecule has 0 spiro atoms. The van der Waals surface area contributed by atoms with Gasteiger partial charge in [-0.05, 0) is 17.2 Å². The fourth-order valence-corrected chi connectivity index (χ4v) is 5.14. The quantitative estimate of drug-likeness (QED) is 0.310. The number of esters is 1. The van der Waals surface area contributed by atoms with E-state index in [4.69, 9.17) is 23.7 Å². The number of hydrogen-bond acceptors (Lipinski definition) is 8. The van der Waals surface area contributed by atoms with Crippen LogP contribution in [0.5, 0.6) is 17.2 Å². The number of aliphatic hydroxyl groups excluding tert-OH is 2. The number of halogens is 1. The van der Waals surface area contributed by atoms with Crippen molar-refractivity contribution in [1.29, 1.82) is 0 Å². The van der Waals surface area contributed by atoms with E-state index in [1.165, 1.54) is 7.11 Å². The van der Waals surface area contributed by atoms with Gasteiger partial charge in [0.05, 0.1) is 18.8 Å². The third-order valence-corrected chi connectivity index (χ3v) is 7.13. The minimum absolute atomic E-state index is 0.185. The Labute approximate surface area is 222 Å². The van der Waals surface area contributed by atoms with Crippen molar-refractivity contribution in [2.45, 2.75) is 43.7 Å². The summed E-state index contributed by atoms with van der Waals surface area (Å²) in [6.45, 7) is 0.424. The maximum atomic E-state index is 13.2. The van der Waals surface area contributed by atoms with Gasteiger partial charge in [0.25, 0.3) is 0 Å². The molecule has 2 aliphatic heterocycles. The molecule has 0 aromatic heterocycles. The minimum Gasteiger partial charge on any atom is -0.490 e. The summed E-state index contributed by atoms with van der Waals surface area (Å²) in [6, 6.07) is 20.7. The monoisotopic (exact) mass is 570 g/mol. The predicted molar refractivity (Wildman–Crippen MR) is 137 cm³/mol. The molecule has 8 nitrogen and oxygen atoms in total. The number of hydrogen-bond donors (Lipinski definition) is 2. The smallest absolute Gasteiger partial charge is 0.339 e. The van der Waals surface area contributed by atoms with Gasteiger partial charge >= 0.3 is 5.97 Å². The summed E-state index contributed by atoms with van der Waals surface area (Å²) in [5.41, 5.74) is 2.41. The van der Waals surface area contributed by atoms with E-state index in [0.29, 0.717) is 17.1 Å². The second-order valence-corrected chi connectivity index (χ2v) is 9.49. The van der Waals surface area contributed by atoms with Crippen molar-refractivity contribution in [3.05, 3.63) is 89.0 Å². The zero-order valence-electron chi connectivity index (χ0n) is 20.1. The Morgan fingerprint density at radius 1 is 0.892 bits per heavy atom. The molecule has 0 unspecified atom stereocenters. The van der Waals surface area contributed by atoms with E-state index in [2.05, 4.69) is 15.9 Å². The number of rotatable bonds is 8. The van der Waals surface area contributed by atoms with E-state index in [9.17, 15) is 15.0 Å². The molecule has 0 radical (unpaired) electrons. The number of ether oxygens (including phenoxy) is 5. The zero-order chi connectivity index (χ0) is 25.9. The molecule has 1 fully saturated rings. The minimum atomic E-state index is -1.35. The Morgan fingerprint density at radius 3 is 2.11 bits per heavy atom. The maximum absolute atomic E-state index is 13.2. The van der Waals surface area contributed by atoms with E-state index in [1.807, 2.05) is 60.7 Å². The van der Waals surface area contributed by atoms with Gasteiger partial charge in [0.2, 0.25) is 5.75 Å². The van der Waals surface area contributed by atoms with Gasteiger partial charge in [-0.15, -0.1) is 0 Å². The number of alkyl halides is 1. The van der Waals surface area contributed by atoms with Crippen LogP contribution in [0, 0.1) is 0 Å². The lowest BCUT2D eigenvalue weighted by Gasteiger charge is -2.45. The molecule has 0 amide bonds. The molecule has 5 atom stereocenters. The zero-order valence-corrected chi connectivity index (χ0v) is 21.7. The van der Waals surface area contributed by atoms with Crippen LogP contribution in [-0.4, -0.2) is 53.0 Å². The van der Waals surface area contributed by atoms with Crippen LogP contribution in [0.3, 0.4) is 0 Å². The Balaban J connectivity index is 1.60. The highest BCUT2D eigenvalue weighted by molar-refractivity contribution is 9.09. The second kappa shape index (κ2) is 11.1. The van der Waals surface area contributed by atoms with E-state index >= 15 is 0 Å². The normalized spacial score (nSPS) is 24.4. The number of methoxy groups -OCH3 is 1. The first kappa shape index (κ1) is 25.5. The summed E-state index contributed by atoms with van der Waals surface area (Å²) in [6.07, 6.45) is -5.33. The Bertz CT molecular complexity index is 1240. The molecule has 1 saturated heterocycles. The van der Waals surface area contributed by atoms with E-state index < -0.39 is 36.5 Å².